The normalized spacial score (nSPS) is 20.6. The van der Waals surface area contributed by atoms with Crippen molar-refractivity contribution in [2.45, 2.75) is 76.2 Å². The van der Waals surface area contributed by atoms with E-state index < -0.39 is 17.5 Å². The van der Waals surface area contributed by atoms with Gasteiger partial charge in [0.15, 0.2) is 5.96 Å². The number of aliphatic imine (C=N–C) groups is 1. The van der Waals surface area contributed by atoms with Gasteiger partial charge in [-0.15, -0.1) is 0 Å². The third-order valence-corrected chi connectivity index (χ3v) is 8.57. The quantitative estimate of drug-likeness (QED) is 0.198. The van der Waals surface area contributed by atoms with Crippen LogP contribution in [0.3, 0.4) is 0 Å². The number of guanidine groups is 1. The van der Waals surface area contributed by atoms with Crippen molar-refractivity contribution >= 4 is 35.1 Å². The molecule has 10 heteroatoms. The number of hydrogen-bond acceptors (Lipinski definition) is 4. The van der Waals surface area contributed by atoms with Crippen molar-refractivity contribution < 1.29 is 13.6 Å². The van der Waals surface area contributed by atoms with Crippen LogP contribution in [0.15, 0.2) is 71.7 Å². The summed E-state index contributed by atoms with van der Waals surface area (Å²) in [5.41, 5.74) is 5.63. The highest BCUT2D eigenvalue weighted by molar-refractivity contribution is 6.31. The molecule has 3 aromatic rings. The maximum absolute atomic E-state index is 14.2. The standard InChI is InChI=1S/C32H35Cl2F2N5O/c33-26-16-14-22(17-28(26)36)31(42)39-32(37-20-23-13-15-24(35)18-27(23)34)38-30-19-29(21-9-5-4-6-10-21)40-41(30)25-11-7-2-1-3-8-12-25/h4-6,9-10,13-18,25,29-30,40H,1-3,7-8,11-12,19-20H2,(H2,37,38,39,42). The first-order chi connectivity index (χ1) is 20.4. The van der Waals surface area contributed by atoms with Crippen LogP contribution in [-0.4, -0.2) is 29.1 Å². The molecule has 0 radical (unpaired) electrons. The van der Waals surface area contributed by atoms with E-state index in [1.54, 1.807) is 6.07 Å². The predicted octanol–water partition coefficient (Wildman–Crippen LogP) is 7.54. The first-order valence-electron chi connectivity index (χ1n) is 14.5. The number of halogens is 4. The van der Waals surface area contributed by atoms with E-state index in [9.17, 15) is 13.6 Å². The zero-order valence-corrected chi connectivity index (χ0v) is 24.8. The number of nitrogens with one attached hydrogen (secondary N) is 3. The zero-order valence-electron chi connectivity index (χ0n) is 23.3. The van der Waals surface area contributed by atoms with Gasteiger partial charge in [0.1, 0.15) is 11.6 Å². The van der Waals surface area contributed by atoms with Gasteiger partial charge in [-0.25, -0.2) is 24.2 Å². The molecule has 2 unspecified atom stereocenters. The van der Waals surface area contributed by atoms with Gasteiger partial charge in [0.2, 0.25) is 0 Å². The van der Waals surface area contributed by atoms with Gasteiger partial charge in [0.25, 0.3) is 5.91 Å². The molecule has 2 fully saturated rings. The molecule has 2 atom stereocenters. The van der Waals surface area contributed by atoms with Crippen LogP contribution in [0.2, 0.25) is 10.0 Å². The molecule has 1 saturated heterocycles. The Morgan fingerprint density at radius 3 is 2.38 bits per heavy atom. The van der Waals surface area contributed by atoms with Crippen LogP contribution >= 0.6 is 23.2 Å². The van der Waals surface area contributed by atoms with Gasteiger partial charge in [-0.2, -0.15) is 0 Å². The first-order valence-corrected chi connectivity index (χ1v) is 15.2. The number of hydrazine groups is 1. The average Bonchev–Trinajstić information content (AvgIpc) is 3.37. The number of nitrogens with zero attached hydrogens (tertiary/aromatic N) is 2. The summed E-state index contributed by atoms with van der Waals surface area (Å²) < 4.78 is 27.8. The smallest absolute Gasteiger partial charge is 0.258 e. The van der Waals surface area contributed by atoms with Crippen molar-refractivity contribution in [1.29, 1.82) is 0 Å². The molecule has 0 spiro atoms. The second kappa shape index (κ2) is 14.4. The minimum absolute atomic E-state index is 0.0663. The molecule has 1 heterocycles. The molecule has 3 aromatic carbocycles. The van der Waals surface area contributed by atoms with Gasteiger partial charge < -0.3 is 5.32 Å². The number of benzene rings is 3. The highest BCUT2D eigenvalue weighted by atomic mass is 35.5. The summed E-state index contributed by atoms with van der Waals surface area (Å²) >= 11 is 12.1. The fraction of sp³-hybridized carbons (Fsp3) is 0.375. The Kier molecular flexibility index (Phi) is 10.4. The molecule has 42 heavy (non-hydrogen) atoms. The molecule has 5 rings (SSSR count). The Hall–Kier alpha value is -3.04. The minimum atomic E-state index is -0.685. The summed E-state index contributed by atoms with van der Waals surface area (Å²) in [7, 11) is 0. The van der Waals surface area contributed by atoms with Gasteiger partial charge in [-0.1, -0.05) is 91.7 Å². The molecule has 1 aliphatic heterocycles. The van der Waals surface area contributed by atoms with Crippen molar-refractivity contribution in [2.75, 3.05) is 0 Å². The van der Waals surface area contributed by atoms with Gasteiger partial charge in [-0.05, 0) is 54.3 Å². The van der Waals surface area contributed by atoms with Crippen LogP contribution in [0.25, 0.3) is 0 Å². The summed E-state index contributed by atoms with van der Waals surface area (Å²) in [5.74, 6) is -1.45. The monoisotopic (exact) mass is 613 g/mol. The Labute approximate surface area is 255 Å². The third kappa shape index (κ3) is 7.86. The number of carbonyl (C=O) groups excluding carboxylic acids is 1. The lowest BCUT2D eigenvalue weighted by molar-refractivity contribution is 0.0851. The lowest BCUT2D eigenvalue weighted by Crippen LogP contribution is -2.55. The Balaban J connectivity index is 1.42. The molecule has 3 N–H and O–H groups in total. The summed E-state index contributed by atoms with van der Waals surface area (Å²) in [5, 5.41) is 8.76. The fourth-order valence-electron chi connectivity index (χ4n) is 5.67. The Bertz CT molecular complexity index is 1400. The molecule has 2 aliphatic rings. The van der Waals surface area contributed by atoms with E-state index in [0.717, 1.165) is 38.2 Å². The van der Waals surface area contributed by atoms with E-state index in [0.29, 0.717) is 11.6 Å². The molecule has 6 nitrogen and oxygen atoms in total. The van der Waals surface area contributed by atoms with Crippen LogP contribution in [0, 0.1) is 11.6 Å². The first kappa shape index (κ1) is 30.4. The highest BCUT2D eigenvalue weighted by Crippen LogP contribution is 2.31. The molecule has 222 valence electrons. The summed E-state index contributed by atoms with van der Waals surface area (Å²) in [6.45, 7) is 0.0996. The van der Waals surface area contributed by atoms with E-state index >= 15 is 0 Å². The molecule has 1 saturated carbocycles. The van der Waals surface area contributed by atoms with Crippen LogP contribution in [0.1, 0.15) is 78.9 Å². The maximum atomic E-state index is 14.2. The predicted molar refractivity (Wildman–Crippen MR) is 163 cm³/mol. The highest BCUT2D eigenvalue weighted by Gasteiger charge is 2.37. The van der Waals surface area contributed by atoms with Crippen LogP contribution < -0.4 is 16.1 Å². The summed E-state index contributed by atoms with van der Waals surface area (Å²) in [4.78, 5) is 17.9. The Morgan fingerprint density at radius 2 is 1.67 bits per heavy atom. The van der Waals surface area contributed by atoms with Crippen molar-refractivity contribution in [3.63, 3.8) is 0 Å². The Morgan fingerprint density at radius 1 is 0.929 bits per heavy atom. The molecular formula is C32H35Cl2F2N5O. The maximum Gasteiger partial charge on any atom is 0.258 e. The summed E-state index contributed by atoms with van der Waals surface area (Å²) in [6, 6.07) is 18.7. The molecule has 1 amide bonds. The molecule has 0 aromatic heterocycles. The van der Waals surface area contributed by atoms with Crippen LogP contribution in [0.4, 0.5) is 8.78 Å². The van der Waals surface area contributed by atoms with Crippen LogP contribution in [0.5, 0.6) is 0 Å². The number of carbonyl (C=O) groups is 1. The van der Waals surface area contributed by atoms with E-state index in [2.05, 4.69) is 38.2 Å². The number of amides is 1. The fourth-order valence-corrected chi connectivity index (χ4v) is 6.01. The summed E-state index contributed by atoms with van der Waals surface area (Å²) in [6.07, 6.45) is 8.72. The van der Waals surface area contributed by atoms with Crippen molar-refractivity contribution in [3.8, 4) is 0 Å². The number of hydrogen-bond donors (Lipinski definition) is 3. The van der Waals surface area contributed by atoms with Gasteiger partial charge in [0.05, 0.1) is 17.7 Å². The van der Waals surface area contributed by atoms with Crippen LogP contribution in [-0.2, 0) is 6.54 Å². The SMILES string of the molecule is O=C(NC(=NCc1ccc(F)cc1Cl)NC1CC(c2ccccc2)NN1C1CCCCCCC1)c1ccc(Cl)c(F)c1. The van der Waals surface area contributed by atoms with E-state index in [4.69, 9.17) is 23.2 Å². The molecule has 1 aliphatic carbocycles. The lowest BCUT2D eigenvalue weighted by Gasteiger charge is -2.35. The van der Waals surface area contributed by atoms with Gasteiger partial charge >= 0.3 is 0 Å². The number of rotatable bonds is 6. The topological polar surface area (TPSA) is 68.8 Å². The van der Waals surface area contributed by atoms with Gasteiger partial charge in [-0.3, -0.25) is 10.1 Å². The molecular weight excluding hydrogens is 579 g/mol. The average molecular weight is 615 g/mol. The van der Waals surface area contributed by atoms with Crippen molar-refractivity contribution in [1.82, 2.24) is 21.1 Å². The van der Waals surface area contributed by atoms with Gasteiger partial charge in [0, 0.05) is 29.1 Å². The third-order valence-electron chi connectivity index (χ3n) is 7.91. The lowest BCUT2D eigenvalue weighted by atomic mass is 9.96. The van der Waals surface area contributed by atoms with Crippen molar-refractivity contribution in [3.05, 3.63) is 105 Å². The van der Waals surface area contributed by atoms with Crippen molar-refractivity contribution in [2.24, 2.45) is 4.99 Å². The van der Waals surface area contributed by atoms with E-state index in [-0.39, 0.29) is 40.3 Å². The second-order valence-electron chi connectivity index (χ2n) is 10.9. The van der Waals surface area contributed by atoms with E-state index in [1.165, 1.54) is 49.1 Å². The largest absolute Gasteiger partial charge is 0.339 e. The second-order valence-corrected chi connectivity index (χ2v) is 11.7. The zero-order chi connectivity index (χ0) is 29.5. The minimum Gasteiger partial charge on any atom is -0.339 e. The van der Waals surface area contributed by atoms with E-state index in [1.807, 2.05) is 18.2 Å². The molecule has 0 bridgehead atoms.